The molecule has 3 N–H and O–H groups in total. The highest BCUT2D eigenvalue weighted by atomic mass is 35.5. The van der Waals surface area contributed by atoms with Crippen LogP contribution in [0.25, 0.3) is 0 Å². The van der Waals surface area contributed by atoms with Crippen molar-refractivity contribution in [1.29, 1.82) is 0 Å². The molecule has 1 aliphatic rings. The molecule has 1 aliphatic carbocycles. The SMILES string of the molecule is COCCNC(=O)COc1ccc2c(c1)CC(NC[C@H](O)c1cccc(Cl)c1)CC2. The van der Waals surface area contributed by atoms with Crippen LogP contribution in [0, 0.1) is 0 Å². The molecule has 2 aromatic rings. The molecule has 0 bridgehead atoms. The van der Waals surface area contributed by atoms with Crippen LogP contribution in [0.4, 0.5) is 0 Å². The number of methoxy groups -OCH3 is 1. The lowest BCUT2D eigenvalue weighted by atomic mass is 9.88. The standard InChI is InChI=1S/C23H29ClN2O4/c1-29-10-9-25-23(28)15-30-21-8-6-16-5-7-20(12-18(16)13-21)26-14-22(27)17-3-2-4-19(24)11-17/h2-4,6,8,11,13,20,22,26-27H,5,7,9-10,12,14-15H2,1H3,(H,25,28)/t20?,22-/m0/s1. The monoisotopic (exact) mass is 432 g/mol. The minimum absolute atomic E-state index is 0.0179. The largest absolute Gasteiger partial charge is 0.484 e. The van der Waals surface area contributed by atoms with E-state index in [9.17, 15) is 9.90 Å². The topological polar surface area (TPSA) is 79.8 Å². The Hall–Kier alpha value is -2.12. The summed E-state index contributed by atoms with van der Waals surface area (Å²) in [6.45, 7) is 1.40. The number of carbonyl (C=O) groups is 1. The fourth-order valence-electron chi connectivity index (χ4n) is 3.60. The van der Waals surface area contributed by atoms with E-state index in [1.54, 1.807) is 19.2 Å². The van der Waals surface area contributed by atoms with Crippen molar-refractivity contribution in [2.24, 2.45) is 0 Å². The molecule has 0 aromatic heterocycles. The van der Waals surface area contributed by atoms with Gasteiger partial charge in [0.15, 0.2) is 6.61 Å². The van der Waals surface area contributed by atoms with E-state index in [0.717, 1.165) is 24.8 Å². The third kappa shape index (κ3) is 6.71. The number of hydrogen-bond acceptors (Lipinski definition) is 5. The highest BCUT2D eigenvalue weighted by Gasteiger charge is 2.20. The number of nitrogens with one attached hydrogen (secondary N) is 2. The average Bonchev–Trinajstić information content (AvgIpc) is 2.76. The van der Waals surface area contributed by atoms with Crippen molar-refractivity contribution in [1.82, 2.24) is 10.6 Å². The van der Waals surface area contributed by atoms with Gasteiger partial charge in [-0.3, -0.25) is 4.79 Å². The molecule has 1 amide bonds. The van der Waals surface area contributed by atoms with Crippen molar-refractivity contribution in [3.63, 3.8) is 0 Å². The van der Waals surface area contributed by atoms with Crippen LogP contribution in [0.2, 0.25) is 5.02 Å². The Labute approximate surface area is 182 Å². The second kappa shape index (κ2) is 11.3. The molecule has 0 radical (unpaired) electrons. The molecule has 0 spiro atoms. The van der Waals surface area contributed by atoms with Gasteiger partial charge in [-0.2, -0.15) is 0 Å². The first-order valence-corrected chi connectivity index (χ1v) is 10.6. The molecule has 0 saturated carbocycles. The molecule has 0 aliphatic heterocycles. The van der Waals surface area contributed by atoms with Gasteiger partial charge in [0, 0.05) is 31.3 Å². The van der Waals surface area contributed by atoms with Crippen molar-refractivity contribution in [3.05, 3.63) is 64.2 Å². The zero-order chi connectivity index (χ0) is 21.3. The van der Waals surface area contributed by atoms with Gasteiger partial charge in [0.1, 0.15) is 5.75 Å². The first-order chi connectivity index (χ1) is 14.5. The summed E-state index contributed by atoms with van der Waals surface area (Å²) in [7, 11) is 1.59. The molecule has 162 valence electrons. The summed E-state index contributed by atoms with van der Waals surface area (Å²) in [5.41, 5.74) is 3.33. The Bertz CT molecular complexity index is 846. The molecular weight excluding hydrogens is 404 g/mol. The Morgan fingerprint density at radius 3 is 2.93 bits per heavy atom. The molecule has 6 nitrogen and oxygen atoms in total. The maximum atomic E-state index is 11.8. The predicted octanol–water partition coefficient (Wildman–Crippen LogP) is 2.66. The van der Waals surface area contributed by atoms with Crippen LogP contribution in [-0.2, 0) is 22.4 Å². The van der Waals surface area contributed by atoms with Crippen LogP contribution >= 0.6 is 11.6 Å². The second-order valence-electron chi connectivity index (χ2n) is 7.48. The Morgan fingerprint density at radius 2 is 2.13 bits per heavy atom. The lowest BCUT2D eigenvalue weighted by Crippen LogP contribution is -2.37. The highest BCUT2D eigenvalue weighted by molar-refractivity contribution is 6.30. The summed E-state index contributed by atoms with van der Waals surface area (Å²) in [5.74, 6) is 0.523. The number of fused-ring (bicyclic) bond motifs is 1. The number of halogens is 1. The van der Waals surface area contributed by atoms with Crippen LogP contribution in [0.15, 0.2) is 42.5 Å². The second-order valence-corrected chi connectivity index (χ2v) is 7.92. The number of benzene rings is 2. The average molecular weight is 433 g/mol. The van der Waals surface area contributed by atoms with Gasteiger partial charge >= 0.3 is 0 Å². The summed E-state index contributed by atoms with van der Waals surface area (Å²) in [5, 5.41) is 17.3. The van der Waals surface area contributed by atoms with Gasteiger partial charge in [0.05, 0.1) is 12.7 Å². The number of carbonyl (C=O) groups excluding carboxylic acids is 1. The predicted molar refractivity (Wildman–Crippen MR) is 117 cm³/mol. The zero-order valence-corrected chi connectivity index (χ0v) is 18.0. The number of hydrogen-bond donors (Lipinski definition) is 3. The lowest BCUT2D eigenvalue weighted by Gasteiger charge is -2.27. The summed E-state index contributed by atoms with van der Waals surface area (Å²) >= 11 is 6.01. The smallest absolute Gasteiger partial charge is 0.258 e. The van der Waals surface area contributed by atoms with Crippen molar-refractivity contribution in [2.45, 2.75) is 31.4 Å². The van der Waals surface area contributed by atoms with Gasteiger partial charge in [0.2, 0.25) is 0 Å². The minimum Gasteiger partial charge on any atom is -0.484 e. The molecule has 7 heteroatoms. The fourth-order valence-corrected chi connectivity index (χ4v) is 3.80. The molecule has 0 fully saturated rings. The highest BCUT2D eigenvalue weighted by Crippen LogP contribution is 2.26. The van der Waals surface area contributed by atoms with E-state index < -0.39 is 6.10 Å². The number of rotatable bonds is 10. The molecule has 2 aromatic carbocycles. The first-order valence-electron chi connectivity index (χ1n) is 10.2. The third-order valence-electron chi connectivity index (χ3n) is 5.24. The number of aliphatic hydroxyl groups is 1. The molecule has 0 saturated heterocycles. The molecule has 30 heavy (non-hydrogen) atoms. The van der Waals surface area contributed by atoms with E-state index in [0.29, 0.717) is 30.5 Å². The van der Waals surface area contributed by atoms with Crippen molar-refractivity contribution >= 4 is 17.5 Å². The van der Waals surface area contributed by atoms with Crippen molar-refractivity contribution < 1.29 is 19.4 Å². The van der Waals surface area contributed by atoms with Gasteiger partial charge in [-0.05, 0) is 60.2 Å². The normalized spacial score (nSPS) is 16.6. The number of aliphatic hydroxyl groups excluding tert-OH is 1. The summed E-state index contributed by atoms with van der Waals surface area (Å²) in [6, 6.07) is 13.6. The number of aryl methyl sites for hydroxylation is 1. The van der Waals surface area contributed by atoms with Gasteiger partial charge in [0.25, 0.3) is 5.91 Å². The lowest BCUT2D eigenvalue weighted by molar-refractivity contribution is -0.123. The van der Waals surface area contributed by atoms with Crippen LogP contribution in [0.1, 0.15) is 29.2 Å². The first kappa shape index (κ1) is 22.6. The van der Waals surface area contributed by atoms with Crippen LogP contribution in [0.3, 0.4) is 0 Å². The number of ether oxygens (including phenoxy) is 2. The van der Waals surface area contributed by atoms with E-state index in [1.807, 2.05) is 24.3 Å². The molecule has 3 rings (SSSR count). The summed E-state index contributed by atoms with van der Waals surface area (Å²) in [6.07, 6.45) is 2.24. The van der Waals surface area contributed by atoms with Gasteiger partial charge in [-0.15, -0.1) is 0 Å². The van der Waals surface area contributed by atoms with Crippen molar-refractivity contribution in [2.75, 3.05) is 33.4 Å². The van der Waals surface area contributed by atoms with E-state index >= 15 is 0 Å². The summed E-state index contributed by atoms with van der Waals surface area (Å²) < 4.78 is 10.6. The van der Waals surface area contributed by atoms with E-state index in [2.05, 4.69) is 16.7 Å². The molecule has 2 atom stereocenters. The molecule has 1 unspecified atom stereocenters. The third-order valence-corrected chi connectivity index (χ3v) is 5.47. The van der Waals surface area contributed by atoms with Gasteiger partial charge in [-0.25, -0.2) is 0 Å². The minimum atomic E-state index is -0.601. The number of amides is 1. The quantitative estimate of drug-likeness (QED) is 0.503. The Morgan fingerprint density at radius 1 is 1.27 bits per heavy atom. The van der Waals surface area contributed by atoms with Crippen LogP contribution in [0.5, 0.6) is 5.75 Å². The Balaban J connectivity index is 1.49. The van der Waals surface area contributed by atoms with Crippen LogP contribution in [-0.4, -0.2) is 50.5 Å². The maximum absolute atomic E-state index is 11.8. The molecule has 0 heterocycles. The van der Waals surface area contributed by atoms with E-state index in [4.69, 9.17) is 21.1 Å². The van der Waals surface area contributed by atoms with E-state index in [-0.39, 0.29) is 18.6 Å². The van der Waals surface area contributed by atoms with Crippen LogP contribution < -0.4 is 15.4 Å². The maximum Gasteiger partial charge on any atom is 0.258 e. The van der Waals surface area contributed by atoms with Gasteiger partial charge in [-0.1, -0.05) is 29.8 Å². The van der Waals surface area contributed by atoms with Gasteiger partial charge < -0.3 is 25.2 Å². The Kier molecular flexibility index (Phi) is 8.51. The molecular formula is C23H29ClN2O4. The summed E-state index contributed by atoms with van der Waals surface area (Å²) in [4.78, 5) is 11.8. The van der Waals surface area contributed by atoms with E-state index in [1.165, 1.54) is 11.1 Å². The fraction of sp³-hybridized carbons (Fsp3) is 0.435. The van der Waals surface area contributed by atoms with Crippen molar-refractivity contribution in [3.8, 4) is 5.75 Å². The zero-order valence-electron chi connectivity index (χ0n) is 17.2.